The van der Waals surface area contributed by atoms with Crippen molar-refractivity contribution in [1.82, 2.24) is 4.98 Å². The number of sulfone groups is 1. The highest BCUT2D eigenvalue weighted by Crippen LogP contribution is 2.17. The monoisotopic (exact) mass is 285 g/mol. The Morgan fingerprint density at radius 2 is 2.26 bits per heavy atom. The van der Waals surface area contributed by atoms with E-state index in [0.717, 1.165) is 5.69 Å². The van der Waals surface area contributed by atoms with Gasteiger partial charge in [0.2, 0.25) is 0 Å². The van der Waals surface area contributed by atoms with E-state index in [0.29, 0.717) is 12.2 Å². The normalized spacial score (nSPS) is 20.8. The molecule has 19 heavy (non-hydrogen) atoms. The Morgan fingerprint density at radius 3 is 2.79 bits per heavy atom. The molecule has 1 aliphatic rings. The molecule has 1 saturated heterocycles. The Labute approximate surface area is 111 Å². The number of anilines is 2. The van der Waals surface area contributed by atoms with E-state index in [-0.39, 0.29) is 17.5 Å². The summed E-state index contributed by atoms with van der Waals surface area (Å²) < 4.78 is 27.1. The van der Waals surface area contributed by atoms with E-state index in [1.807, 2.05) is 0 Å². The number of nitrogens with one attached hydrogen (secondary N) is 2. The molecule has 0 radical (unpaired) electrons. The number of nitrogens with zero attached hydrogens (tertiary/aromatic N) is 1. The molecule has 0 saturated carbocycles. The number of rotatable bonds is 3. The summed E-state index contributed by atoms with van der Waals surface area (Å²) in [7, 11) is -1.63. The quantitative estimate of drug-likeness (QED) is 0.855. The molecule has 104 valence electrons. The van der Waals surface area contributed by atoms with Gasteiger partial charge in [0.25, 0.3) is 0 Å². The van der Waals surface area contributed by atoms with Gasteiger partial charge in [0.15, 0.2) is 9.84 Å². The second kappa shape index (κ2) is 5.43. The Balaban J connectivity index is 1.94. The molecule has 1 fully saturated rings. The van der Waals surface area contributed by atoms with Crippen LogP contribution in [-0.2, 0) is 14.6 Å². The van der Waals surface area contributed by atoms with Gasteiger partial charge in [-0.25, -0.2) is 18.2 Å². The van der Waals surface area contributed by atoms with Crippen molar-refractivity contribution in [3.63, 3.8) is 0 Å². The summed E-state index contributed by atoms with van der Waals surface area (Å²) in [5, 5.41) is 5.53. The molecule has 7 nitrogen and oxygen atoms in total. The summed E-state index contributed by atoms with van der Waals surface area (Å²) in [5.74, 6) is 0.742. The molecule has 1 amide bonds. The third-order valence-electron chi connectivity index (χ3n) is 2.78. The van der Waals surface area contributed by atoms with E-state index in [1.54, 1.807) is 12.1 Å². The van der Waals surface area contributed by atoms with E-state index >= 15 is 0 Å². The van der Waals surface area contributed by atoms with Gasteiger partial charge in [0.05, 0.1) is 30.5 Å². The second-order valence-electron chi connectivity index (χ2n) is 4.29. The van der Waals surface area contributed by atoms with Gasteiger partial charge >= 0.3 is 6.09 Å². The van der Waals surface area contributed by atoms with Crippen LogP contribution < -0.4 is 10.6 Å². The van der Waals surface area contributed by atoms with Crippen LogP contribution in [0.4, 0.5) is 16.3 Å². The summed E-state index contributed by atoms with van der Waals surface area (Å²) in [4.78, 5) is 15.0. The van der Waals surface area contributed by atoms with Crippen molar-refractivity contribution in [3.8, 4) is 0 Å². The average molecular weight is 285 g/mol. The van der Waals surface area contributed by atoms with Crippen LogP contribution in [0.2, 0.25) is 0 Å². The molecule has 1 unspecified atom stereocenters. The first-order chi connectivity index (χ1) is 8.98. The standard InChI is InChI=1S/C11H15N3O4S/c1-18-11(15)14-10-3-2-8(6-12-10)13-9-4-5-19(16,17)7-9/h2-3,6,9,13H,4-5,7H2,1H3,(H,12,14,15). The summed E-state index contributed by atoms with van der Waals surface area (Å²) >= 11 is 0. The zero-order valence-corrected chi connectivity index (χ0v) is 11.2. The lowest BCUT2D eigenvalue weighted by Crippen LogP contribution is -2.20. The molecule has 0 aromatic carbocycles. The van der Waals surface area contributed by atoms with Gasteiger partial charge in [0.1, 0.15) is 5.82 Å². The van der Waals surface area contributed by atoms with Crippen LogP contribution in [0.15, 0.2) is 18.3 Å². The molecular weight excluding hydrogens is 270 g/mol. The zero-order chi connectivity index (χ0) is 13.9. The topological polar surface area (TPSA) is 97.4 Å². The van der Waals surface area contributed by atoms with Crippen molar-refractivity contribution in [1.29, 1.82) is 0 Å². The lowest BCUT2D eigenvalue weighted by molar-refractivity contribution is 0.187. The number of hydrogen-bond donors (Lipinski definition) is 2. The Bertz CT molecular complexity index is 556. The summed E-state index contributed by atoms with van der Waals surface area (Å²) in [6, 6.07) is 3.26. The van der Waals surface area contributed by atoms with Crippen LogP contribution in [0.3, 0.4) is 0 Å². The lowest BCUT2D eigenvalue weighted by Gasteiger charge is -2.12. The van der Waals surface area contributed by atoms with Crippen molar-refractivity contribution in [2.24, 2.45) is 0 Å². The SMILES string of the molecule is COC(=O)Nc1ccc(NC2CCS(=O)(=O)C2)cn1. The number of amides is 1. The number of methoxy groups -OCH3 is 1. The fourth-order valence-corrected chi connectivity index (χ4v) is 3.53. The number of carbonyl (C=O) groups excluding carboxylic acids is 1. The van der Waals surface area contributed by atoms with Crippen LogP contribution in [0.25, 0.3) is 0 Å². The molecule has 0 bridgehead atoms. The Kier molecular flexibility index (Phi) is 3.89. The van der Waals surface area contributed by atoms with E-state index in [1.165, 1.54) is 13.3 Å². The largest absolute Gasteiger partial charge is 0.453 e. The highest BCUT2D eigenvalue weighted by molar-refractivity contribution is 7.91. The molecule has 1 atom stereocenters. The van der Waals surface area contributed by atoms with Gasteiger partial charge in [-0.15, -0.1) is 0 Å². The number of aromatic nitrogens is 1. The molecule has 1 aromatic rings. The molecular formula is C11H15N3O4S. The fourth-order valence-electron chi connectivity index (χ4n) is 1.85. The molecule has 0 spiro atoms. The maximum Gasteiger partial charge on any atom is 0.412 e. The Hall–Kier alpha value is -1.83. The summed E-state index contributed by atoms with van der Waals surface area (Å²) in [5.41, 5.74) is 0.720. The van der Waals surface area contributed by atoms with Gasteiger partial charge < -0.3 is 10.1 Å². The van der Waals surface area contributed by atoms with Crippen LogP contribution in [0, 0.1) is 0 Å². The predicted octanol–water partition coefficient (Wildman–Crippen LogP) is 0.859. The maximum absolute atomic E-state index is 11.3. The van der Waals surface area contributed by atoms with Crippen LogP contribution in [0.5, 0.6) is 0 Å². The third kappa shape index (κ3) is 3.82. The number of carbonyl (C=O) groups is 1. The van der Waals surface area contributed by atoms with Crippen LogP contribution in [0.1, 0.15) is 6.42 Å². The van der Waals surface area contributed by atoms with Gasteiger partial charge in [-0.2, -0.15) is 0 Å². The summed E-state index contributed by atoms with van der Waals surface area (Å²) in [6.07, 6.45) is 1.55. The van der Waals surface area contributed by atoms with Gasteiger partial charge in [-0.1, -0.05) is 0 Å². The van der Waals surface area contributed by atoms with Crippen molar-refractivity contribution in [2.75, 3.05) is 29.2 Å². The molecule has 2 rings (SSSR count). The molecule has 8 heteroatoms. The molecule has 2 N–H and O–H groups in total. The zero-order valence-electron chi connectivity index (χ0n) is 10.4. The van der Waals surface area contributed by atoms with Crippen molar-refractivity contribution in [2.45, 2.75) is 12.5 Å². The van der Waals surface area contributed by atoms with E-state index in [4.69, 9.17) is 0 Å². The van der Waals surface area contributed by atoms with Crippen molar-refractivity contribution >= 4 is 27.4 Å². The average Bonchev–Trinajstić information content (AvgIpc) is 2.71. The first kappa shape index (κ1) is 13.6. The number of ether oxygens (including phenoxy) is 1. The fraction of sp³-hybridized carbons (Fsp3) is 0.455. The predicted molar refractivity (Wildman–Crippen MR) is 70.9 cm³/mol. The van der Waals surface area contributed by atoms with E-state index < -0.39 is 15.9 Å². The van der Waals surface area contributed by atoms with Crippen LogP contribution in [-0.4, -0.2) is 44.2 Å². The van der Waals surface area contributed by atoms with Crippen molar-refractivity contribution < 1.29 is 17.9 Å². The van der Waals surface area contributed by atoms with Gasteiger partial charge in [-0.05, 0) is 18.6 Å². The number of pyridine rings is 1. The maximum atomic E-state index is 11.3. The highest BCUT2D eigenvalue weighted by atomic mass is 32.2. The number of hydrogen-bond acceptors (Lipinski definition) is 6. The molecule has 0 aliphatic carbocycles. The minimum atomic E-state index is -2.90. The minimum absolute atomic E-state index is 0.0776. The molecule has 1 aliphatic heterocycles. The summed E-state index contributed by atoms with van der Waals surface area (Å²) in [6.45, 7) is 0. The first-order valence-electron chi connectivity index (χ1n) is 5.76. The first-order valence-corrected chi connectivity index (χ1v) is 7.58. The van der Waals surface area contributed by atoms with Crippen LogP contribution >= 0.6 is 0 Å². The second-order valence-corrected chi connectivity index (χ2v) is 6.52. The smallest absolute Gasteiger partial charge is 0.412 e. The minimum Gasteiger partial charge on any atom is -0.453 e. The van der Waals surface area contributed by atoms with E-state index in [2.05, 4.69) is 20.4 Å². The molecule has 2 heterocycles. The lowest BCUT2D eigenvalue weighted by atomic mass is 10.2. The van der Waals surface area contributed by atoms with E-state index in [9.17, 15) is 13.2 Å². The van der Waals surface area contributed by atoms with Gasteiger partial charge in [-0.3, -0.25) is 5.32 Å². The Morgan fingerprint density at radius 1 is 1.47 bits per heavy atom. The third-order valence-corrected chi connectivity index (χ3v) is 4.55. The molecule has 1 aromatic heterocycles. The van der Waals surface area contributed by atoms with Gasteiger partial charge in [0, 0.05) is 6.04 Å². The van der Waals surface area contributed by atoms with Crippen molar-refractivity contribution in [3.05, 3.63) is 18.3 Å². The highest BCUT2D eigenvalue weighted by Gasteiger charge is 2.27.